The summed E-state index contributed by atoms with van der Waals surface area (Å²) in [5.74, 6) is -0.540. The van der Waals surface area contributed by atoms with Gasteiger partial charge in [0.25, 0.3) is 0 Å². The number of aromatic nitrogens is 1. The quantitative estimate of drug-likeness (QED) is 0.592. The summed E-state index contributed by atoms with van der Waals surface area (Å²) < 4.78 is 6.61. The largest absolute Gasteiger partial charge is 0.461 e. The van der Waals surface area contributed by atoms with Crippen LogP contribution in [0.25, 0.3) is 22.3 Å². The molecule has 5 nitrogen and oxygen atoms in total. The molecule has 0 atom stereocenters. The molecule has 2 aromatic carbocycles. The van der Waals surface area contributed by atoms with Crippen molar-refractivity contribution in [2.75, 3.05) is 6.61 Å². The minimum Gasteiger partial charge on any atom is -0.461 e. The van der Waals surface area contributed by atoms with E-state index in [1.165, 1.54) is 4.57 Å². The van der Waals surface area contributed by atoms with Crippen molar-refractivity contribution in [2.45, 2.75) is 6.92 Å². The summed E-state index contributed by atoms with van der Waals surface area (Å²) in [6, 6.07) is 18.9. The van der Waals surface area contributed by atoms with Crippen LogP contribution in [0.15, 0.2) is 48.5 Å². The Morgan fingerprint density at radius 2 is 1.71 bits per heavy atom. The second-order valence-corrected chi connectivity index (χ2v) is 6.37. The van der Waals surface area contributed by atoms with Crippen LogP contribution < -0.4 is 0 Å². The number of hydrogen-bond acceptors (Lipinski definition) is 4. The first-order valence-electron chi connectivity index (χ1n) is 8.58. The maximum Gasteiger partial charge on any atom is 0.355 e. The second kappa shape index (κ2) is 8.00. The molecule has 0 saturated heterocycles. The highest BCUT2D eigenvalue weighted by Crippen LogP contribution is 2.36. The molecule has 1 aromatic heterocycles. The van der Waals surface area contributed by atoms with E-state index in [2.05, 4.69) is 12.1 Å². The molecule has 0 aliphatic heterocycles. The fourth-order valence-electron chi connectivity index (χ4n) is 3.13. The zero-order valence-electron chi connectivity index (χ0n) is 15.4. The molecule has 0 unspecified atom stereocenters. The minimum absolute atomic E-state index is 0.180. The van der Waals surface area contributed by atoms with Gasteiger partial charge in [0.2, 0.25) is 0 Å². The molecule has 0 N–H and O–H groups in total. The maximum absolute atomic E-state index is 12.5. The molecule has 0 radical (unpaired) electrons. The van der Waals surface area contributed by atoms with Gasteiger partial charge in [0.05, 0.1) is 23.8 Å². The Bertz CT molecular complexity index is 1130. The Labute approximate surface area is 168 Å². The zero-order chi connectivity index (χ0) is 20.3. The lowest BCUT2D eigenvalue weighted by molar-refractivity contribution is 0.0516. The van der Waals surface area contributed by atoms with Crippen molar-refractivity contribution in [3.63, 3.8) is 0 Å². The van der Waals surface area contributed by atoms with E-state index in [-0.39, 0.29) is 23.0 Å². The van der Waals surface area contributed by atoms with Crippen molar-refractivity contribution in [1.82, 2.24) is 4.57 Å². The Morgan fingerprint density at radius 1 is 1.07 bits per heavy atom. The van der Waals surface area contributed by atoms with Gasteiger partial charge in [0, 0.05) is 12.6 Å². The van der Waals surface area contributed by atoms with Gasteiger partial charge in [0.1, 0.15) is 16.9 Å². The summed E-state index contributed by atoms with van der Waals surface area (Å²) >= 11 is 6.28. The van der Waals surface area contributed by atoms with E-state index in [4.69, 9.17) is 16.3 Å². The van der Waals surface area contributed by atoms with Crippen LogP contribution in [-0.2, 0) is 11.8 Å². The van der Waals surface area contributed by atoms with Gasteiger partial charge in [-0.15, -0.1) is 0 Å². The van der Waals surface area contributed by atoms with Gasteiger partial charge >= 0.3 is 5.97 Å². The van der Waals surface area contributed by atoms with Crippen molar-refractivity contribution in [3.05, 3.63) is 70.5 Å². The van der Waals surface area contributed by atoms with Gasteiger partial charge in [-0.1, -0.05) is 54.1 Å². The van der Waals surface area contributed by atoms with Gasteiger partial charge in [-0.3, -0.25) is 0 Å². The molecule has 0 saturated carbocycles. The molecule has 3 aromatic rings. The van der Waals surface area contributed by atoms with Crippen molar-refractivity contribution in [1.29, 1.82) is 10.5 Å². The SMILES string of the molecule is CCOC(=O)c1c(-c2ccc(-c3ccccc3C#N)cc2)c(C#N)c(Cl)n1C. The molecule has 0 aliphatic carbocycles. The van der Waals surface area contributed by atoms with Crippen LogP contribution >= 0.6 is 11.6 Å². The standard InChI is InChI=1S/C22H16ClN3O2/c1-3-28-22(27)20-19(18(13-25)21(23)26(20)2)15-10-8-14(9-11-15)17-7-5-4-6-16(17)12-24/h4-11H,3H2,1-2H3. The monoisotopic (exact) mass is 389 g/mol. The van der Waals surface area contributed by atoms with Crippen LogP contribution in [0.1, 0.15) is 28.5 Å². The number of carbonyl (C=O) groups is 1. The second-order valence-electron chi connectivity index (χ2n) is 6.02. The number of carbonyl (C=O) groups excluding carboxylic acids is 1. The van der Waals surface area contributed by atoms with Crippen molar-refractivity contribution in [3.8, 4) is 34.4 Å². The van der Waals surface area contributed by atoms with Gasteiger partial charge in [-0.25, -0.2) is 4.79 Å². The summed E-state index contributed by atoms with van der Waals surface area (Å²) in [6.07, 6.45) is 0. The van der Waals surface area contributed by atoms with Crippen LogP contribution in [0.5, 0.6) is 0 Å². The van der Waals surface area contributed by atoms with Crippen molar-refractivity contribution < 1.29 is 9.53 Å². The first-order chi connectivity index (χ1) is 13.5. The maximum atomic E-state index is 12.5. The van der Waals surface area contributed by atoms with Crippen LogP contribution in [0.2, 0.25) is 5.15 Å². The number of rotatable bonds is 4. The van der Waals surface area contributed by atoms with Crippen LogP contribution in [0.3, 0.4) is 0 Å². The average molecular weight is 390 g/mol. The number of esters is 1. The van der Waals surface area contributed by atoms with E-state index in [0.717, 1.165) is 11.1 Å². The number of ether oxygens (including phenoxy) is 1. The van der Waals surface area contributed by atoms with Crippen LogP contribution in [-0.4, -0.2) is 17.1 Å². The van der Waals surface area contributed by atoms with E-state index < -0.39 is 5.97 Å². The van der Waals surface area contributed by atoms with Crippen molar-refractivity contribution >= 4 is 17.6 Å². The third kappa shape index (κ3) is 3.24. The zero-order valence-corrected chi connectivity index (χ0v) is 16.1. The number of halogens is 1. The van der Waals surface area contributed by atoms with Crippen LogP contribution in [0, 0.1) is 22.7 Å². The lowest BCUT2D eigenvalue weighted by Crippen LogP contribution is -2.11. The molecule has 3 rings (SSSR count). The molecule has 28 heavy (non-hydrogen) atoms. The normalized spacial score (nSPS) is 10.2. The van der Waals surface area contributed by atoms with E-state index in [0.29, 0.717) is 16.7 Å². The molecule has 1 heterocycles. The molecular weight excluding hydrogens is 374 g/mol. The molecular formula is C22H16ClN3O2. The fourth-order valence-corrected chi connectivity index (χ4v) is 3.35. The highest BCUT2D eigenvalue weighted by atomic mass is 35.5. The fraction of sp³-hybridized carbons (Fsp3) is 0.136. The Kier molecular flexibility index (Phi) is 5.49. The van der Waals surface area contributed by atoms with Crippen molar-refractivity contribution in [2.24, 2.45) is 7.05 Å². The molecule has 138 valence electrons. The molecule has 0 fully saturated rings. The Hall–Kier alpha value is -3.54. The number of benzene rings is 2. The summed E-state index contributed by atoms with van der Waals surface area (Å²) in [4.78, 5) is 12.5. The molecule has 0 bridgehead atoms. The van der Waals surface area contributed by atoms with Gasteiger partial charge in [-0.2, -0.15) is 10.5 Å². The number of hydrogen-bond donors (Lipinski definition) is 0. The third-order valence-electron chi connectivity index (χ3n) is 4.44. The topological polar surface area (TPSA) is 78.8 Å². The molecule has 0 aliphatic rings. The molecule has 0 amide bonds. The van der Waals surface area contributed by atoms with E-state index in [1.54, 1.807) is 32.2 Å². The Morgan fingerprint density at radius 3 is 2.32 bits per heavy atom. The predicted molar refractivity (Wildman–Crippen MR) is 107 cm³/mol. The van der Waals surface area contributed by atoms with E-state index >= 15 is 0 Å². The third-order valence-corrected chi connectivity index (χ3v) is 4.88. The highest BCUT2D eigenvalue weighted by Gasteiger charge is 2.26. The highest BCUT2D eigenvalue weighted by molar-refractivity contribution is 6.32. The first-order valence-corrected chi connectivity index (χ1v) is 8.96. The summed E-state index contributed by atoms with van der Waals surface area (Å²) in [5.41, 5.74) is 3.80. The number of nitrogens with zero attached hydrogens (tertiary/aromatic N) is 3. The van der Waals surface area contributed by atoms with E-state index in [1.807, 2.05) is 30.3 Å². The van der Waals surface area contributed by atoms with Crippen LogP contribution in [0.4, 0.5) is 0 Å². The lowest BCUT2D eigenvalue weighted by atomic mass is 9.96. The van der Waals surface area contributed by atoms with E-state index in [9.17, 15) is 15.3 Å². The van der Waals surface area contributed by atoms with Gasteiger partial charge < -0.3 is 9.30 Å². The van der Waals surface area contributed by atoms with Gasteiger partial charge in [-0.05, 0) is 29.7 Å². The van der Waals surface area contributed by atoms with Gasteiger partial charge in [0.15, 0.2) is 0 Å². The molecule has 0 spiro atoms. The summed E-state index contributed by atoms with van der Waals surface area (Å²) in [5, 5.41) is 19.1. The first kappa shape index (κ1) is 19.2. The lowest BCUT2D eigenvalue weighted by Gasteiger charge is -2.09. The average Bonchev–Trinajstić information content (AvgIpc) is 2.98. The number of nitriles is 2. The summed E-state index contributed by atoms with van der Waals surface area (Å²) in [6.45, 7) is 1.93. The summed E-state index contributed by atoms with van der Waals surface area (Å²) in [7, 11) is 1.62. The Balaban J connectivity index is 2.15. The smallest absolute Gasteiger partial charge is 0.355 e. The molecule has 6 heteroatoms. The predicted octanol–water partition coefficient (Wildman–Crippen LogP) is 4.93. The minimum atomic E-state index is -0.540.